The molecule has 0 aromatic heterocycles. The molecule has 0 radical (unpaired) electrons. The summed E-state index contributed by atoms with van der Waals surface area (Å²) < 4.78 is 5.29. The zero-order chi connectivity index (χ0) is 10.6. The van der Waals surface area contributed by atoms with Crippen molar-refractivity contribution >= 4 is 0 Å². The Labute approximate surface area is 85.5 Å². The fraction of sp³-hybridized carbons (Fsp3) is 0.500. The minimum absolute atomic E-state index is 0.0835. The molecule has 1 aromatic rings. The second-order valence-electron chi connectivity index (χ2n) is 3.59. The van der Waals surface area contributed by atoms with E-state index in [0.717, 1.165) is 5.56 Å². The topological polar surface area (TPSA) is 29.5 Å². The smallest absolute Gasteiger partial charge is 0.0795 e. The number of aliphatic hydroxyl groups excluding tert-OH is 1. The summed E-state index contributed by atoms with van der Waals surface area (Å²) in [7, 11) is 1.70. The van der Waals surface area contributed by atoms with E-state index in [9.17, 15) is 0 Å². The van der Waals surface area contributed by atoms with Gasteiger partial charge in [-0.25, -0.2) is 0 Å². The highest BCUT2D eigenvalue weighted by Crippen LogP contribution is 2.26. The van der Waals surface area contributed by atoms with Crippen molar-refractivity contribution in [3.05, 3.63) is 35.4 Å². The summed E-state index contributed by atoms with van der Waals surface area (Å²) in [5.74, 6) is 0.170. The number of rotatable bonds is 4. The molecule has 1 rings (SSSR count). The van der Waals surface area contributed by atoms with E-state index in [1.807, 2.05) is 32.0 Å². The highest BCUT2D eigenvalue weighted by molar-refractivity contribution is 5.31. The third-order valence-corrected chi connectivity index (χ3v) is 2.59. The van der Waals surface area contributed by atoms with Crippen molar-refractivity contribution in [2.75, 3.05) is 13.7 Å². The van der Waals surface area contributed by atoms with Crippen LogP contribution in [0.25, 0.3) is 0 Å². The van der Waals surface area contributed by atoms with Crippen LogP contribution in [0.1, 0.15) is 37.0 Å². The lowest BCUT2D eigenvalue weighted by Crippen LogP contribution is -2.06. The van der Waals surface area contributed by atoms with E-state index in [1.165, 1.54) is 5.56 Å². The number of aliphatic hydroxyl groups is 1. The number of ether oxygens (including phenoxy) is 1. The van der Waals surface area contributed by atoms with Crippen molar-refractivity contribution in [2.24, 2.45) is 0 Å². The fourth-order valence-corrected chi connectivity index (χ4v) is 1.56. The molecular weight excluding hydrogens is 176 g/mol. The minimum atomic E-state index is 0.0835. The van der Waals surface area contributed by atoms with Gasteiger partial charge in [0.2, 0.25) is 0 Å². The Kier molecular flexibility index (Phi) is 4.11. The van der Waals surface area contributed by atoms with Crippen molar-refractivity contribution in [1.82, 2.24) is 0 Å². The van der Waals surface area contributed by atoms with Gasteiger partial charge in [-0.2, -0.15) is 0 Å². The van der Waals surface area contributed by atoms with Gasteiger partial charge in [-0.05, 0) is 18.1 Å². The standard InChI is InChI=1S/C12H18O2/c1-9(8-13)11-6-4-5-7-12(11)10(2)14-3/h4-7,9-10,13H,8H2,1-3H3. The van der Waals surface area contributed by atoms with Crippen LogP contribution in [0.3, 0.4) is 0 Å². The first-order valence-corrected chi connectivity index (χ1v) is 4.93. The third-order valence-electron chi connectivity index (χ3n) is 2.59. The van der Waals surface area contributed by atoms with E-state index >= 15 is 0 Å². The van der Waals surface area contributed by atoms with Crippen molar-refractivity contribution in [3.63, 3.8) is 0 Å². The van der Waals surface area contributed by atoms with Crippen LogP contribution < -0.4 is 0 Å². The molecule has 2 unspecified atom stereocenters. The van der Waals surface area contributed by atoms with Crippen LogP contribution in [0.15, 0.2) is 24.3 Å². The first-order valence-electron chi connectivity index (χ1n) is 4.93. The van der Waals surface area contributed by atoms with E-state index in [2.05, 4.69) is 6.07 Å². The highest BCUT2D eigenvalue weighted by Gasteiger charge is 2.13. The van der Waals surface area contributed by atoms with Crippen molar-refractivity contribution in [2.45, 2.75) is 25.9 Å². The van der Waals surface area contributed by atoms with Gasteiger partial charge in [0.1, 0.15) is 0 Å². The van der Waals surface area contributed by atoms with Crippen molar-refractivity contribution in [1.29, 1.82) is 0 Å². The van der Waals surface area contributed by atoms with Gasteiger partial charge in [-0.3, -0.25) is 0 Å². The van der Waals surface area contributed by atoms with Crippen LogP contribution >= 0.6 is 0 Å². The van der Waals surface area contributed by atoms with Gasteiger partial charge in [0.25, 0.3) is 0 Å². The molecule has 0 saturated carbocycles. The summed E-state index contributed by atoms with van der Waals surface area (Å²) in [6, 6.07) is 8.09. The van der Waals surface area contributed by atoms with Gasteiger partial charge in [0, 0.05) is 19.6 Å². The molecule has 2 atom stereocenters. The molecule has 14 heavy (non-hydrogen) atoms. The lowest BCUT2D eigenvalue weighted by molar-refractivity contribution is 0.118. The van der Waals surface area contributed by atoms with Gasteiger partial charge < -0.3 is 9.84 Å². The van der Waals surface area contributed by atoms with Crippen LogP contribution in [0.2, 0.25) is 0 Å². The molecule has 0 aliphatic heterocycles. The third kappa shape index (κ3) is 2.34. The average molecular weight is 194 g/mol. The summed E-state index contributed by atoms with van der Waals surface area (Å²) in [6.45, 7) is 4.21. The quantitative estimate of drug-likeness (QED) is 0.798. The van der Waals surface area contributed by atoms with Gasteiger partial charge >= 0.3 is 0 Å². The molecule has 2 nitrogen and oxygen atoms in total. The summed E-state index contributed by atoms with van der Waals surface area (Å²) in [6.07, 6.45) is 0.0835. The Morgan fingerprint density at radius 2 is 1.79 bits per heavy atom. The molecule has 78 valence electrons. The van der Waals surface area contributed by atoms with Crippen LogP contribution in [0, 0.1) is 0 Å². The van der Waals surface area contributed by atoms with Gasteiger partial charge in [-0.1, -0.05) is 31.2 Å². The van der Waals surface area contributed by atoms with Crippen LogP contribution in [0.5, 0.6) is 0 Å². The molecule has 2 heteroatoms. The van der Waals surface area contributed by atoms with Crippen molar-refractivity contribution in [3.8, 4) is 0 Å². The highest BCUT2D eigenvalue weighted by atomic mass is 16.5. The zero-order valence-electron chi connectivity index (χ0n) is 9.03. The normalized spacial score (nSPS) is 15.1. The monoisotopic (exact) mass is 194 g/mol. The maximum atomic E-state index is 9.13. The lowest BCUT2D eigenvalue weighted by Gasteiger charge is -2.18. The van der Waals surface area contributed by atoms with Gasteiger partial charge in [0.05, 0.1) is 6.10 Å². The van der Waals surface area contributed by atoms with Crippen molar-refractivity contribution < 1.29 is 9.84 Å². The predicted octanol–water partition coefficient (Wildman–Crippen LogP) is 2.49. The molecule has 0 saturated heterocycles. The Hall–Kier alpha value is -0.860. The maximum absolute atomic E-state index is 9.13. The average Bonchev–Trinajstić information content (AvgIpc) is 2.27. The molecule has 0 spiro atoms. The summed E-state index contributed by atoms with van der Waals surface area (Å²) in [5.41, 5.74) is 2.33. The first kappa shape index (κ1) is 11.2. The molecule has 0 bridgehead atoms. The number of methoxy groups -OCH3 is 1. The second-order valence-corrected chi connectivity index (χ2v) is 3.59. The molecule has 0 aliphatic carbocycles. The Morgan fingerprint density at radius 3 is 2.29 bits per heavy atom. The van der Waals surface area contributed by atoms with E-state index in [0.29, 0.717) is 0 Å². The Bertz CT molecular complexity index is 254. The Balaban J connectivity index is 3.02. The molecule has 0 amide bonds. The Morgan fingerprint density at radius 1 is 1.21 bits per heavy atom. The lowest BCUT2D eigenvalue weighted by atomic mass is 9.94. The summed E-state index contributed by atoms with van der Waals surface area (Å²) in [5, 5.41) is 9.13. The molecule has 1 aromatic carbocycles. The number of benzene rings is 1. The maximum Gasteiger partial charge on any atom is 0.0795 e. The minimum Gasteiger partial charge on any atom is -0.396 e. The SMILES string of the molecule is COC(C)c1ccccc1C(C)CO. The van der Waals surface area contributed by atoms with Gasteiger partial charge in [0.15, 0.2) is 0 Å². The summed E-state index contributed by atoms with van der Waals surface area (Å²) in [4.78, 5) is 0. The summed E-state index contributed by atoms with van der Waals surface area (Å²) >= 11 is 0. The molecule has 0 fully saturated rings. The fourth-order valence-electron chi connectivity index (χ4n) is 1.56. The van der Waals surface area contributed by atoms with Crippen LogP contribution in [0.4, 0.5) is 0 Å². The molecule has 0 heterocycles. The van der Waals surface area contributed by atoms with E-state index in [4.69, 9.17) is 9.84 Å². The first-order chi connectivity index (χ1) is 6.70. The van der Waals surface area contributed by atoms with Crippen LogP contribution in [-0.2, 0) is 4.74 Å². The van der Waals surface area contributed by atoms with E-state index < -0.39 is 0 Å². The van der Waals surface area contributed by atoms with E-state index in [-0.39, 0.29) is 18.6 Å². The number of hydrogen-bond donors (Lipinski definition) is 1. The largest absolute Gasteiger partial charge is 0.396 e. The zero-order valence-corrected chi connectivity index (χ0v) is 9.03. The van der Waals surface area contributed by atoms with Crippen LogP contribution in [-0.4, -0.2) is 18.8 Å². The molecule has 0 aliphatic rings. The van der Waals surface area contributed by atoms with E-state index in [1.54, 1.807) is 7.11 Å². The second kappa shape index (κ2) is 5.13. The molecular formula is C12H18O2. The number of hydrogen-bond acceptors (Lipinski definition) is 2. The predicted molar refractivity (Wildman–Crippen MR) is 57.4 cm³/mol. The van der Waals surface area contributed by atoms with Gasteiger partial charge in [-0.15, -0.1) is 0 Å². The molecule has 1 N–H and O–H groups in total.